The monoisotopic (exact) mass is 347 g/mol. The van der Waals surface area contributed by atoms with E-state index in [4.69, 9.17) is 4.74 Å². The number of hydrogen-bond donors (Lipinski definition) is 1. The highest BCUT2D eigenvalue weighted by molar-refractivity contribution is 5.83. The summed E-state index contributed by atoms with van der Waals surface area (Å²) in [5, 5.41) is 3.07. The lowest BCUT2D eigenvalue weighted by Gasteiger charge is -2.39. The van der Waals surface area contributed by atoms with E-state index in [-0.39, 0.29) is 24.0 Å². The van der Waals surface area contributed by atoms with E-state index in [2.05, 4.69) is 20.2 Å². The highest BCUT2D eigenvalue weighted by atomic mass is 16.6. The Morgan fingerprint density at radius 2 is 1.88 bits per heavy atom. The SMILES string of the molecule is CC(C)(C)OC(=O)N1CC(C(=O)NC2CCN(c3ncccn3)C2)C1. The summed E-state index contributed by atoms with van der Waals surface area (Å²) >= 11 is 0. The summed E-state index contributed by atoms with van der Waals surface area (Å²) in [6.07, 6.45) is 3.94. The van der Waals surface area contributed by atoms with Gasteiger partial charge in [0.05, 0.1) is 5.92 Å². The van der Waals surface area contributed by atoms with E-state index in [0.29, 0.717) is 25.6 Å². The lowest BCUT2D eigenvalue weighted by molar-refractivity contribution is -0.130. The third-order valence-corrected chi connectivity index (χ3v) is 4.27. The molecule has 25 heavy (non-hydrogen) atoms. The standard InChI is InChI=1S/C17H25N5O3/c1-17(2,3)25-16(24)22-9-12(10-22)14(23)20-13-5-8-21(11-13)15-18-6-4-7-19-15/h4,6-7,12-13H,5,8-11H2,1-3H3,(H,20,23). The molecule has 2 aliphatic heterocycles. The van der Waals surface area contributed by atoms with Crippen molar-refractivity contribution in [3.63, 3.8) is 0 Å². The molecule has 1 N–H and O–H groups in total. The molecule has 2 aliphatic rings. The van der Waals surface area contributed by atoms with Crippen LogP contribution in [0.4, 0.5) is 10.7 Å². The molecular formula is C17H25N5O3. The van der Waals surface area contributed by atoms with Gasteiger partial charge in [-0.05, 0) is 33.3 Å². The van der Waals surface area contributed by atoms with Gasteiger partial charge in [0.15, 0.2) is 0 Å². The number of carbonyl (C=O) groups excluding carboxylic acids is 2. The fraction of sp³-hybridized carbons (Fsp3) is 0.647. The first-order valence-corrected chi connectivity index (χ1v) is 8.62. The van der Waals surface area contributed by atoms with Crippen LogP contribution in [0.5, 0.6) is 0 Å². The van der Waals surface area contributed by atoms with E-state index >= 15 is 0 Å². The molecule has 136 valence electrons. The molecule has 0 aliphatic carbocycles. The van der Waals surface area contributed by atoms with Crippen LogP contribution in [0.25, 0.3) is 0 Å². The Hall–Kier alpha value is -2.38. The predicted molar refractivity (Wildman–Crippen MR) is 92.1 cm³/mol. The van der Waals surface area contributed by atoms with Crippen molar-refractivity contribution in [3.8, 4) is 0 Å². The van der Waals surface area contributed by atoms with Crippen molar-refractivity contribution >= 4 is 17.9 Å². The van der Waals surface area contributed by atoms with Gasteiger partial charge in [-0.15, -0.1) is 0 Å². The predicted octanol–water partition coefficient (Wildman–Crippen LogP) is 1.04. The van der Waals surface area contributed by atoms with Gasteiger partial charge >= 0.3 is 6.09 Å². The number of ether oxygens (including phenoxy) is 1. The zero-order valence-electron chi connectivity index (χ0n) is 14.9. The summed E-state index contributed by atoms with van der Waals surface area (Å²) in [4.78, 5) is 36.4. The Bertz CT molecular complexity index is 625. The fourth-order valence-corrected chi connectivity index (χ4v) is 2.95. The molecule has 3 heterocycles. The number of likely N-dealkylation sites (tertiary alicyclic amines) is 1. The zero-order valence-corrected chi connectivity index (χ0v) is 14.9. The largest absolute Gasteiger partial charge is 0.444 e. The van der Waals surface area contributed by atoms with E-state index in [0.717, 1.165) is 13.0 Å². The lowest BCUT2D eigenvalue weighted by atomic mass is 9.99. The number of nitrogens with zero attached hydrogens (tertiary/aromatic N) is 4. The van der Waals surface area contributed by atoms with Crippen LogP contribution in [0.15, 0.2) is 18.5 Å². The van der Waals surface area contributed by atoms with Crippen LogP contribution >= 0.6 is 0 Å². The second-order valence-electron chi connectivity index (χ2n) is 7.57. The van der Waals surface area contributed by atoms with E-state index < -0.39 is 5.60 Å². The molecule has 1 aromatic heterocycles. The van der Waals surface area contributed by atoms with Crippen LogP contribution in [-0.4, -0.2) is 64.7 Å². The summed E-state index contributed by atoms with van der Waals surface area (Å²) in [7, 11) is 0. The third-order valence-electron chi connectivity index (χ3n) is 4.27. The van der Waals surface area contributed by atoms with Gasteiger partial charge in [-0.1, -0.05) is 0 Å². The number of rotatable bonds is 3. The molecular weight excluding hydrogens is 322 g/mol. The summed E-state index contributed by atoms with van der Waals surface area (Å²) in [6.45, 7) is 7.85. The molecule has 2 fully saturated rings. The highest BCUT2D eigenvalue weighted by Gasteiger charge is 2.39. The first-order chi connectivity index (χ1) is 11.8. The molecule has 1 unspecified atom stereocenters. The summed E-state index contributed by atoms with van der Waals surface area (Å²) < 4.78 is 5.30. The number of carbonyl (C=O) groups is 2. The van der Waals surface area contributed by atoms with Gasteiger partial charge in [0, 0.05) is 44.6 Å². The molecule has 2 amide bonds. The molecule has 0 aromatic carbocycles. The van der Waals surface area contributed by atoms with Gasteiger partial charge in [-0.25, -0.2) is 14.8 Å². The Labute approximate surface area is 147 Å². The van der Waals surface area contributed by atoms with Crippen molar-refractivity contribution in [1.82, 2.24) is 20.2 Å². The third kappa shape index (κ3) is 4.37. The van der Waals surface area contributed by atoms with E-state index in [1.807, 2.05) is 20.8 Å². The second-order valence-corrected chi connectivity index (χ2v) is 7.57. The number of amides is 2. The number of nitrogens with one attached hydrogen (secondary N) is 1. The molecule has 8 heteroatoms. The quantitative estimate of drug-likeness (QED) is 0.879. The molecule has 0 spiro atoms. The van der Waals surface area contributed by atoms with Crippen molar-refractivity contribution in [1.29, 1.82) is 0 Å². The van der Waals surface area contributed by atoms with Gasteiger partial charge < -0.3 is 19.9 Å². The maximum atomic E-state index is 12.3. The molecule has 0 radical (unpaired) electrons. The average Bonchev–Trinajstić information content (AvgIpc) is 2.93. The summed E-state index contributed by atoms with van der Waals surface area (Å²) in [6, 6.07) is 1.87. The molecule has 2 saturated heterocycles. The van der Waals surface area contributed by atoms with E-state index in [1.165, 1.54) is 0 Å². The van der Waals surface area contributed by atoms with E-state index in [9.17, 15) is 9.59 Å². The van der Waals surface area contributed by atoms with Crippen LogP contribution in [0.2, 0.25) is 0 Å². The minimum atomic E-state index is -0.517. The van der Waals surface area contributed by atoms with Crippen LogP contribution in [0.3, 0.4) is 0 Å². The number of aromatic nitrogens is 2. The Morgan fingerprint density at radius 3 is 2.52 bits per heavy atom. The van der Waals surface area contributed by atoms with Crippen molar-refractivity contribution < 1.29 is 14.3 Å². The van der Waals surface area contributed by atoms with Gasteiger partial charge in [-0.2, -0.15) is 0 Å². The van der Waals surface area contributed by atoms with Crippen molar-refractivity contribution in [2.24, 2.45) is 5.92 Å². The normalized spacial score (nSPS) is 21.0. The Balaban J connectivity index is 1.42. The first-order valence-electron chi connectivity index (χ1n) is 8.62. The Morgan fingerprint density at radius 1 is 1.20 bits per heavy atom. The van der Waals surface area contributed by atoms with Crippen LogP contribution < -0.4 is 10.2 Å². The van der Waals surface area contributed by atoms with E-state index in [1.54, 1.807) is 23.4 Å². The number of anilines is 1. The lowest BCUT2D eigenvalue weighted by Crippen LogP contribution is -2.57. The van der Waals surface area contributed by atoms with Crippen LogP contribution in [-0.2, 0) is 9.53 Å². The first kappa shape index (κ1) is 17.4. The van der Waals surface area contributed by atoms with Crippen molar-refractivity contribution in [2.75, 3.05) is 31.1 Å². The van der Waals surface area contributed by atoms with Gasteiger partial charge in [-0.3, -0.25) is 4.79 Å². The van der Waals surface area contributed by atoms with Crippen molar-refractivity contribution in [2.45, 2.75) is 38.8 Å². The maximum absolute atomic E-state index is 12.3. The zero-order chi connectivity index (χ0) is 18.0. The fourth-order valence-electron chi connectivity index (χ4n) is 2.95. The Kier molecular flexibility index (Phi) is 4.78. The summed E-state index contributed by atoms with van der Waals surface area (Å²) in [5.41, 5.74) is -0.517. The maximum Gasteiger partial charge on any atom is 0.410 e. The highest BCUT2D eigenvalue weighted by Crippen LogP contribution is 2.21. The minimum absolute atomic E-state index is 0.000591. The number of hydrogen-bond acceptors (Lipinski definition) is 6. The molecule has 1 aromatic rings. The molecule has 3 rings (SSSR count). The van der Waals surface area contributed by atoms with Crippen LogP contribution in [0, 0.1) is 5.92 Å². The van der Waals surface area contributed by atoms with Crippen LogP contribution in [0.1, 0.15) is 27.2 Å². The van der Waals surface area contributed by atoms with Crippen molar-refractivity contribution in [3.05, 3.63) is 18.5 Å². The molecule has 8 nitrogen and oxygen atoms in total. The second kappa shape index (κ2) is 6.85. The van der Waals surface area contributed by atoms with Gasteiger partial charge in [0.2, 0.25) is 11.9 Å². The summed E-state index contributed by atoms with van der Waals surface area (Å²) in [5.74, 6) is 0.536. The van der Waals surface area contributed by atoms with Gasteiger partial charge in [0.25, 0.3) is 0 Å². The topological polar surface area (TPSA) is 87.7 Å². The molecule has 0 saturated carbocycles. The molecule has 0 bridgehead atoms. The average molecular weight is 347 g/mol. The smallest absolute Gasteiger partial charge is 0.410 e. The molecule has 1 atom stereocenters. The minimum Gasteiger partial charge on any atom is -0.444 e. The van der Waals surface area contributed by atoms with Gasteiger partial charge in [0.1, 0.15) is 5.60 Å².